The second-order valence-corrected chi connectivity index (χ2v) is 5.60. The molecule has 1 aromatic heterocycles. The number of hydrogen-bond donors (Lipinski definition) is 1. The first kappa shape index (κ1) is 17.6. The van der Waals surface area contributed by atoms with E-state index in [1.54, 1.807) is 12.1 Å². The summed E-state index contributed by atoms with van der Waals surface area (Å²) in [6.07, 6.45) is -3.78. The first-order valence-corrected chi connectivity index (χ1v) is 7.22. The van der Waals surface area contributed by atoms with Crippen molar-refractivity contribution < 1.29 is 13.2 Å². The van der Waals surface area contributed by atoms with Crippen molar-refractivity contribution in [1.29, 1.82) is 0 Å². The van der Waals surface area contributed by atoms with Crippen LogP contribution >= 0.6 is 23.2 Å². The molecule has 23 heavy (non-hydrogen) atoms. The van der Waals surface area contributed by atoms with Crippen LogP contribution in [-0.4, -0.2) is 10.8 Å². The van der Waals surface area contributed by atoms with E-state index in [9.17, 15) is 13.2 Å². The minimum Gasteiger partial charge on any atom is -0.383 e. The van der Waals surface area contributed by atoms with Crippen LogP contribution in [0.2, 0.25) is 10.0 Å². The number of nitrogens with two attached hydrogens (primary N) is 1. The van der Waals surface area contributed by atoms with Gasteiger partial charge in [-0.05, 0) is 24.6 Å². The fourth-order valence-electron chi connectivity index (χ4n) is 1.93. The van der Waals surface area contributed by atoms with Crippen molar-refractivity contribution in [2.45, 2.75) is 19.6 Å². The molecule has 0 bridgehead atoms. The first-order chi connectivity index (χ1) is 10.7. The molecular weight excluding hydrogens is 350 g/mol. The monoisotopic (exact) mass is 361 g/mol. The number of rotatable bonds is 3. The van der Waals surface area contributed by atoms with Crippen LogP contribution in [-0.2, 0) is 12.7 Å². The SMILES string of the molecule is Cc1cccc(Cl)c1C(N)=NCc1ncc(C(F)(F)F)cc1Cl. The van der Waals surface area contributed by atoms with Gasteiger partial charge in [-0.15, -0.1) is 0 Å². The molecule has 0 fully saturated rings. The molecule has 0 saturated carbocycles. The lowest BCUT2D eigenvalue weighted by Crippen LogP contribution is -2.16. The van der Waals surface area contributed by atoms with Crippen LogP contribution in [0.15, 0.2) is 35.5 Å². The number of halogens is 5. The fraction of sp³-hybridized carbons (Fsp3) is 0.200. The zero-order valence-corrected chi connectivity index (χ0v) is 13.5. The summed E-state index contributed by atoms with van der Waals surface area (Å²) in [5.41, 5.74) is 6.62. The van der Waals surface area contributed by atoms with Crippen molar-refractivity contribution in [3.8, 4) is 0 Å². The molecule has 3 nitrogen and oxygen atoms in total. The summed E-state index contributed by atoms with van der Waals surface area (Å²) in [6, 6.07) is 6.10. The smallest absolute Gasteiger partial charge is 0.383 e. The van der Waals surface area contributed by atoms with E-state index >= 15 is 0 Å². The molecule has 2 N–H and O–H groups in total. The van der Waals surface area contributed by atoms with Crippen molar-refractivity contribution in [3.63, 3.8) is 0 Å². The number of amidine groups is 1. The number of aromatic nitrogens is 1. The van der Waals surface area contributed by atoms with Crippen LogP contribution in [0, 0.1) is 6.92 Å². The Morgan fingerprint density at radius 3 is 2.52 bits per heavy atom. The van der Waals surface area contributed by atoms with Gasteiger partial charge in [0.15, 0.2) is 0 Å². The van der Waals surface area contributed by atoms with Crippen LogP contribution in [0.4, 0.5) is 13.2 Å². The standard InChI is InChI=1S/C15H12Cl2F3N3/c1-8-3-2-4-10(16)13(8)14(21)23-7-12-11(17)5-9(6-22-12)15(18,19)20/h2-6H,7H2,1H3,(H2,21,23). The predicted octanol–water partition coefficient (Wildman–Crippen LogP) is 4.62. The molecule has 0 aliphatic carbocycles. The molecule has 2 aromatic rings. The molecule has 0 spiro atoms. The van der Waals surface area contributed by atoms with E-state index in [4.69, 9.17) is 28.9 Å². The summed E-state index contributed by atoms with van der Waals surface area (Å²) in [7, 11) is 0. The molecule has 0 radical (unpaired) electrons. The van der Waals surface area contributed by atoms with Gasteiger partial charge < -0.3 is 5.73 Å². The third kappa shape index (κ3) is 4.14. The van der Waals surface area contributed by atoms with Crippen molar-refractivity contribution in [2.75, 3.05) is 0 Å². The van der Waals surface area contributed by atoms with Gasteiger partial charge in [0.2, 0.25) is 0 Å². The lowest BCUT2D eigenvalue weighted by Gasteiger charge is -2.09. The molecule has 0 unspecified atom stereocenters. The summed E-state index contributed by atoms with van der Waals surface area (Å²) in [6.45, 7) is 1.78. The maximum absolute atomic E-state index is 12.6. The Morgan fingerprint density at radius 2 is 1.96 bits per heavy atom. The topological polar surface area (TPSA) is 51.3 Å². The third-order valence-corrected chi connectivity index (χ3v) is 3.76. The average Bonchev–Trinajstić information content (AvgIpc) is 2.44. The molecule has 2 rings (SSSR count). The van der Waals surface area contributed by atoms with Gasteiger partial charge >= 0.3 is 6.18 Å². The Labute approximate surface area is 141 Å². The van der Waals surface area contributed by atoms with Crippen molar-refractivity contribution in [3.05, 3.63) is 62.9 Å². The molecular formula is C15H12Cl2F3N3. The van der Waals surface area contributed by atoms with Crippen LogP contribution in [0.5, 0.6) is 0 Å². The Hall–Kier alpha value is -1.79. The zero-order valence-electron chi connectivity index (χ0n) is 12.0. The number of aryl methyl sites for hydroxylation is 1. The van der Waals surface area contributed by atoms with Gasteiger partial charge in [-0.3, -0.25) is 9.98 Å². The van der Waals surface area contributed by atoms with Crippen LogP contribution in [0.25, 0.3) is 0 Å². The van der Waals surface area contributed by atoms with Gasteiger partial charge in [0.05, 0.1) is 27.8 Å². The van der Waals surface area contributed by atoms with Crippen molar-refractivity contribution in [2.24, 2.45) is 10.7 Å². The average molecular weight is 362 g/mol. The number of hydrogen-bond acceptors (Lipinski definition) is 2. The highest BCUT2D eigenvalue weighted by molar-refractivity contribution is 6.34. The highest BCUT2D eigenvalue weighted by Crippen LogP contribution is 2.31. The van der Waals surface area contributed by atoms with Crippen molar-refractivity contribution in [1.82, 2.24) is 4.98 Å². The number of pyridine rings is 1. The third-order valence-electron chi connectivity index (χ3n) is 3.12. The predicted molar refractivity (Wildman–Crippen MR) is 84.9 cm³/mol. The molecule has 122 valence electrons. The Bertz CT molecular complexity index is 738. The second kappa shape index (κ2) is 6.76. The van der Waals surface area contributed by atoms with Gasteiger partial charge in [0.1, 0.15) is 5.84 Å². The molecule has 1 aromatic carbocycles. The van der Waals surface area contributed by atoms with Gasteiger partial charge in [-0.1, -0.05) is 35.3 Å². The van der Waals surface area contributed by atoms with Crippen LogP contribution in [0.1, 0.15) is 22.4 Å². The van der Waals surface area contributed by atoms with E-state index in [0.29, 0.717) is 16.8 Å². The van der Waals surface area contributed by atoms with E-state index in [1.165, 1.54) is 0 Å². The van der Waals surface area contributed by atoms with Crippen LogP contribution < -0.4 is 5.73 Å². The lowest BCUT2D eigenvalue weighted by molar-refractivity contribution is -0.137. The van der Waals surface area contributed by atoms with Gasteiger partial charge in [0, 0.05) is 11.8 Å². The highest BCUT2D eigenvalue weighted by Gasteiger charge is 2.31. The minimum atomic E-state index is -4.49. The Balaban J connectivity index is 2.26. The number of aliphatic imine (C=N–C) groups is 1. The maximum Gasteiger partial charge on any atom is 0.417 e. The summed E-state index contributed by atoms with van der Waals surface area (Å²) in [5.74, 6) is 0.172. The summed E-state index contributed by atoms with van der Waals surface area (Å²) in [5, 5.41) is 0.324. The van der Waals surface area contributed by atoms with Gasteiger partial charge in [0.25, 0.3) is 0 Å². The van der Waals surface area contributed by atoms with Crippen molar-refractivity contribution >= 4 is 29.0 Å². The maximum atomic E-state index is 12.6. The Morgan fingerprint density at radius 1 is 1.26 bits per heavy atom. The van der Waals surface area contributed by atoms with Gasteiger partial charge in [-0.2, -0.15) is 13.2 Å². The van der Waals surface area contributed by atoms with Crippen LogP contribution in [0.3, 0.4) is 0 Å². The summed E-state index contributed by atoms with van der Waals surface area (Å²) in [4.78, 5) is 7.83. The Kier molecular flexibility index (Phi) is 5.16. The summed E-state index contributed by atoms with van der Waals surface area (Å²) < 4.78 is 37.7. The number of benzene rings is 1. The van der Waals surface area contributed by atoms with E-state index < -0.39 is 11.7 Å². The van der Waals surface area contributed by atoms with Gasteiger partial charge in [-0.25, -0.2) is 0 Å². The molecule has 1 heterocycles. The first-order valence-electron chi connectivity index (χ1n) is 6.47. The quantitative estimate of drug-likeness (QED) is 0.640. The van der Waals surface area contributed by atoms with E-state index in [-0.39, 0.29) is 23.1 Å². The minimum absolute atomic E-state index is 0.0481. The normalized spacial score (nSPS) is 12.5. The molecule has 8 heteroatoms. The van der Waals surface area contributed by atoms with E-state index in [2.05, 4.69) is 9.98 Å². The fourth-order valence-corrected chi connectivity index (χ4v) is 2.48. The van der Waals surface area contributed by atoms with E-state index in [0.717, 1.165) is 11.6 Å². The zero-order chi connectivity index (χ0) is 17.2. The number of alkyl halides is 3. The summed E-state index contributed by atoms with van der Waals surface area (Å²) >= 11 is 11.9. The second-order valence-electron chi connectivity index (χ2n) is 4.78. The molecule has 0 atom stereocenters. The largest absolute Gasteiger partial charge is 0.417 e. The number of nitrogens with zero attached hydrogens (tertiary/aromatic N) is 2. The molecule has 0 aliphatic heterocycles. The highest BCUT2D eigenvalue weighted by atomic mass is 35.5. The molecule has 0 aliphatic rings. The van der Waals surface area contributed by atoms with E-state index in [1.807, 2.05) is 13.0 Å². The lowest BCUT2D eigenvalue weighted by atomic mass is 10.1. The molecule has 0 saturated heterocycles. The molecule has 0 amide bonds.